The zero-order chi connectivity index (χ0) is 31.2. The fourth-order valence-corrected chi connectivity index (χ4v) is 5.65. The van der Waals surface area contributed by atoms with Crippen molar-refractivity contribution in [1.82, 2.24) is 0 Å². The van der Waals surface area contributed by atoms with Gasteiger partial charge in [0.1, 0.15) is 65.5 Å². The molecule has 11 atom stereocenters. The molecule has 2 heterocycles. The van der Waals surface area contributed by atoms with Gasteiger partial charge in [-0.1, -0.05) is 13.0 Å². The molecule has 0 radical (unpaired) electrons. The number of phenols is 2. The lowest BCUT2D eigenvalue weighted by Crippen LogP contribution is -2.61. The Hall–Kier alpha value is -3.21. The number of Topliss-reactive ketones (excluding diaryl/α,β-unsaturated/α-hetero) is 1. The molecule has 0 spiro atoms. The molecular formula is C29H36O14. The minimum absolute atomic E-state index is 0.0292. The van der Waals surface area contributed by atoms with Crippen molar-refractivity contribution in [3.05, 3.63) is 41.5 Å². The molecule has 2 aromatic carbocycles. The first-order chi connectivity index (χ1) is 20.4. The molecule has 1 saturated heterocycles. The molecule has 5 rings (SSSR count). The molecule has 14 heteroatoms. The molecule has 0 amide bonds. The van der Waals surface area contributed by atoms with Gasteiger partial charge in [0.15, 0.2) is 17.3 Å². The van der Waals surface area contributed by atoms with Gasteiger partial charge in [-0.2, -0.15) is 0 Å². The third-order valence-electron chi connectivity index (χ3n) is 8.21. The van der Waals surface area contributed by atoms with E-state index in [1.165, 1.54) is 25.3 Å². The summed E-state index contributed by atoms with van der Waals surface area (Å²) in [5.74, 6) is -1.30. The molecule has 1 aliphatic carbocycles. The van der Waals surface area contributed by atoms with Gasteiger partial charge in [-0.15, -0.1) is 0 Å². The van der Waals surface area contributed by atoms with E-state index in [-0.39, 0.29) is 53.9 Å². The number of methoxy groups -OCH3 is 1. The maximum atomic E-state index is 12.9. The van der Waals surface area contributed by atoms with E-state index in [1.807, 2.05) is 0 Å². The van der Waals surface area contributed by atoms with Crippen LogP contribution in [0.1, 0.15) is 41.8 Å². The first-order valence-electron chi connectivity index (χ1n) is 13.9. The smallest absolute Gasteiger partial charge is 0.229 e. The molecule has 3 aliphatic rings. The number of carbonyl (C=O) groups is 1. The quantitative estimate of drug-likeness (QED) is 0.199. The van der Waals surface area contributed by atoms with Crippen molar-refractivity contribution in [2.24, 2.45) is 5.92 Å². The standard InChI is InChI=1S/C29H36O14/c1-11-5-20(24(34)26(36)23(11)33)40-10-21-25(35)27(37)28(38)29(43-21)41-13-7-15(31)22-16(32)9-18(42-19(22)8-13)12-3-4-17(39-2)14(30)6-12/h3-4,6-8,11,18,20-21,23-31,33-38H,5,9-10H2,1-2H3/t11-,18-,20+,21+,23-,24+,25+,26-,27+,28+,29+/m0/s1. The summed E-state index contributed by atoms with van der Waals surface area (Å²) < 4.78 is 28.1. The Morgan fingerprint density at radius 2 is 1.60 bits per heavy atom. The van der Waals surface area contributed by atoms with Crippen LogP contribution >= 0.6 is 0 Å². The summed E-state index contributed by atoms with van der Waals surface area (Å²) in [4.78, 5) is 12.9. The number of carbonyl (C=O) groups excluding carboxylic acids is 1. The van der Waals surface area contributed by atoms with Crippen LogP contribution in [-0.4, -0.2) is 115 Å². The van der Waals surface area contributed by atoms with E-state index < -0.39 is 72.8 Å². The lowest BCUT2D eigenvalue weighted by Gasteiger charge is -2.42. The molecule has 236 valence electrons. The first-order valence-corrected chi connectivity index (χ1v) is 13.9. The normalized spacial score (nSPS) is 36.0. The van der Waals surface area contributed by atoms with E-state index in [0.29, 0.717) is 5.56 Å². The van der Waals surface area contributed by atoms with Crippen molar-refractivity contribution in [2.45, 2.75) is 81.0 Å². The fraction of sp³-hybridized carbons (Fsp3) is 0.552. The highest BCUT2D eigenvalue weighted by atomic mass is 16.7. The second-order valence-electron chi connectivity index (χ2n) is 11.2. The molecule has 43 heavy (non-hydrogen) atoms. The fourth-order valence-electron chi connectivity index (χ4n) is 5.65. The third-order valence-corrected chi connectivity index (χ3v) is 8.21. The molecule has 0 aromatic heterocycles. The van der Waals surface area contributed by atoms with Crippen LogP contribution in [-0.2, 0) is 9.47 Å². The Balaban J connectivity index is 1.30. The average molecular weight is 609 g/mol. The van der Waals surface area contributed by atoms with Crippen molar-refractivity contribution in [3.63, 3.8) is 0 Å². The van der Waals surface area contributed by atoms with Gasteiger partial charge in [0, 0.05) is 12.1 Å². The molecule has 14 nitrogen and oxygen atoms in total. The van der Waals surface area contributed by atoms with Gasteiger partial charge >= 0.3 is 0 Å². The number of phenolic OH excluding ortho intramolecular Hbond substituents is 2. The van der Waals surface area contributed by atoms with Crippen LogP contribution in [0.15, 0.2) is 30.3 Å². The summed E-state index contributed by atoms with van der Waals surface area (Å²) in [5, 5.41) is 82.7. The summed E-state index contributed by atoms with van der Waals surface area (Å²) in [6, 6.07) is 6.96. The van der Waals surface area contributed by atoms with E-state index in [0.717, 1.165) is 6.07 Å². The monoisotopic (exact) mass is 608 g/mol. The minimum Gasteiger partial charge on any atom is -0.507 e. The van der Waals surface area contributed by atoms with Crippen LogP contribution < -0.4 is 14.2 Å². The summed E-state index contributed by atoms with van der Waals surface area (Å²) >= 11 is 0. The Morgan fingerprint density at radius 3 is 2.30 bits per heavy atom. The largest absolute Gasteiger partial charge is 0.507 e. The summed E-state index contributed by atoms with van der Waals surface area (Å²) in [5.41, 5.74) is 0.398. The highest BCUT2D eigenvalue weighted by molar-refractivity contribution is 6.02. The zero-order valence-electron chi connectivity index (χ0n) is 23.4. The average Bonchev–Trinajstić information content (AvgIpc) is 2.97. The van der Waals surface area contributed by atoms with Crippen molar-refractivity contribution >= 4 is 5.78 Å². The van der Waals surface area contributed by atoms with E-state index in [1.54, 1.807) is 13.0 Å². The van der Waals surface area contributed by atoms with Crippen LogP contribution in [0.5, 0.6) is 28.7 Å². The van der Waals surface area contributed by atoms with E-state index >= 15 is 0 Å². The Labute approximate surface area is 246 Å². The summed E-state index contributed by atoms with van der Waals surface area (Å²) in [7, 11) is 1.40. The predicted octanol–water partition coefficient (Wildman–Crippen LogP) is -0.493. The topological polar surface area (TPSA) is 225 Å². The maximum absolute atomic E-state index is 12.9. The molecule has 8 N–H and O–H groups in total. The van der Waals surface area contributed by atoms with Crippen molar-refractivity contribution in [3.8, 4) is 28.7 Å². The number of aliphatic hydroxyl groups excluding tert-OH is 6. The SMILES string of the molecule is COc1ccc([C@@H]2CC(=O)c3c(O)cc(O[C@@H]4O[C@H](CO[C@@H]5C[C@H](C)[C@H](O)[C@H](O)[C@@H]5O)[C@@H](O)[C@@H](O)[C@H]4O)cc3O2)cc1O. The number of benzene rings is 2. The van der Waals surface area contributed by atoms with Crippen molar-refractivity contribution < 1.29 is 69.3 Å². The molecular weight excluding hydrogens is 572 g/mol. The first kappa shape index (κ1) is 31.2. The second kappa shape index (κ2) is 12.4. The van der Waals surface area contributed by atoms with E-state index in [4.69, 9.17) is 23.7 Å². The van der Waals surface area contributed by atoms with Crippen molar-refractivity contribution in [2.75, 3.05) is 13.7 Å². The number of rotatable bonds is 7. The lowest BCUT2D eigenvalue weighted by atomic mass is 9.82. The van der Waals surface area contributed by atoms with Gasteiger partial charge in [-0.05, 0) is 30.0 Å². The highest BCUT2D eigenvalue weighted by Gasteiger charge is 2.47. The number of aliphatic hydroxyl groups is 6. The number of hydrogen-bond acceptors (Lipinski definition) is 14. The number of ether oxygens (including phenoxy) is 5. The van der Waals surface area contributed by atoms with Gasteiger partial charge in [-0.3, -0.25) is 4.79 Å². The molecule has 2 aliphatic heterocycles. The molecule has 2 fully saturated rings. The van der Waals surface area contributed by atoms with Crippen LogP contribution in [0.3, 0.4) is 0 Å². The van der Waals surface area contributed by atoms with Crippen LogP contribution in [0, 0.1) is 5.92 Å². The highest BCUT2D eigenvalue weighted by Crippen LogP contribution is 2.43. The molecule has 0 unspecified atom stereocenters. The van der Waals surface area contributed by atoms with Crippen LogP contribution in [0.25, 0.3) is 0 Å². The number of aromatic hydroxyl groups is 2. The van der Waals surface area contributed by atoms with Gasteiger partial charge < -0.3 is 64.5 Å². The third kappa shape index (κ3) is 6.10. The Morgan fingerprint density at radius 1 is 0.884 bits per heavy atom. The Bertz CT molecular complexity index is 1320. The lowest BCUT2D eigenvalue weighted by molar-refractivity contribution is -0.285. The summed E-state index contributed by atoms with van der Waals surface area (Å²) in [6.07, 6.45) is -13.5. The number of hydrogen-bond donors (Lipinski definition) is 8. The number of fused-ring (bicyclic) bond motifs is 1. The second-order valence-corrected chi connectivity index (χ2v) is 11.2. The van der Waals surface area contributed by atoms with Crippen molar-refractivity contribution in [1.29, 1.82) is 0 Å². The maximum Gasteiger partial charge on any atom is 0.229 e. The molecule has 1 saturated carbocycles. The zero-order valence-corrected chi connectivity index (χ0v) is 23.4. The van der Waals surface area contributed by atoms with E-state index in [2.05, 4.69) is 0 Å². The van der Waals surface area contributed by atoms with Gasteiger partial charge in [0.25, 0.3) is 0 Å². The van der Waals surface area contributed by atoms with Crippen LogP contribution in [0.4, 0.5) is 0 Å². The summed E-state index contributed by atoms with van der Waals surface area (Å²) in [6.45, 7) is 1.31. The Kier molecular flexibility index (Phi) is 9.02. The number of ketones is 1. The van der Waals surface area contributed by atoms with Gasteiger partial charge in [-0.25, -0.2) is 0 Å². The van der Waals surface area contributed by atoms with E-state index in [9.17, 15) is 45.6 Å². The molecule has 0 bridgehead atoms. The van der Waals surface area contributed by atoms with Gasteiger partial charge in [0.05, 0.1) is 32.3 Å². The predicted molar refractivity (Wildman–Crippen MR) is 144 cm³/mol. The molecule has 2 aromatic rings. The van der Waals surface area contributed by atoms with Crippen LogP contribution in [0.2, 0.25) is 0 Å². The van der Waals surface area contributed by atoms with Gasteiger partial charge in [0.2, 0.25) is 6.29 Å². The minimum atomic E-state index is -1.74.